The molecule has 0 radical (unpaired) electrons. The Bertz CT molecular complexity index is 869. The van der Waals surface area contributed by atoms with E-state index in [2.05, 4.69) is 57.2 Å². The van der Waals surface area contributed by atoms with Gasteiger partial charge >= 0.3 is 11.9 Å². The van der Waals surface area contributed by atoms with Crippen LogP contribution in [-0.4, -0.2) is 47.6 Å². The molecule has 0 aromatic heterocycles. The molecule has 2 N–H and O–H groups in total. The minimum Gasteiger partial charge on any atom is -0.463 e. The molecule has 0 rings (SSSR count). The van der Waals surface area contributed by atoms with Crippen LogP contribution in [0.4, 0.5) is 0 Å². The van der Waals surface area contributed by atoms with Gasteiger partial charge in [-0.05, 0) is 50.9 Å². The van der Waals surface area contributed by atoms with Crippen molar-refractivity contribution in [3.63, 3.8) is 0 Å². The first-order valence-corrected chi connectivity index (χ1v) is 18.8. The van der Waals surface area contributed by atoms with E-state index in [0.29, 0.717) is 19.3 Å². The van der Waals surface area contributed by atoms with E-state index in [-0.39, 0.29) is 25.6 Å². The van der Waals surface area contributed by atoms with Crippen molar-refractivity contribution in [1.29, 1.82) is 0 Å². The van der Waals surface area contributed by atoms with E-state index in [0.717, 1.165) is 50.9 Å². The van der Waals surface area contributed by atoms with E-state index in [4.69, 9.17) is 9.47 Å². The van der Waals surface area contributed by atoms with Crippen molar-refractivity contribution >= 4 is 11.9 Å². The molecular formula is C41H70O6. The maximum absolute atomic E-state index is 12.0. The highest BCUT2D eigenvalue weighted by molar-refractivity contribution is 5.69. The highest BCUT2D eigenvalue weighted by Gasteiger charge is 2.12. The van der Waals surface area contributed by atoms with Gasteiger partial charge in [0, 0.05) is 12.8 Å². The van der Waals surface area contributed by atoms with Crippen molar-refractivity contribution in [2.24, 2.45) is 5.92 Å². The molecule has 0 amide bonds. The molecule has 0 aromatic carbocycles. The lowest BCUT2D eigenvalue weighted by Gasteiger charge is -2.12. The van der Waals surface area contributed by atoms with Crippen LogP contribution >= 0.6 is 0 Å². The standard InChI is InChI=1S/C41H70O6/c1-4-5-6-7-8-9-10-11-15-18-21-24-27-31-38(42)32-29-34-41(45)47-36-39(43)35-46-40(44)33-28-25-22-19-16-13-12-14-17-20-23-26-30-37(2)3/h5-6,8-9,11,15,21,24,27,31,37-39,42-43H,4,7,10,12-14,16-20,22-23,25-26,28-30,32-36H2,1-3H3/b6-5-,9-8-,15-11-,24-21-,31-27+/t38?,39-/m1/s1. The first kappa shape index (κ1) is 44.6. The summed E-state index contributed by atoms with van der Waals surface area (Å²) in [5.41, 5.74) is 0. The van der Waals surface area contributed by atoms with Gasteiger partial charge < -0.3 is 19.7 Å². The molecule has 47 heavy (non-hydrogen) atoms. The van der Waals surface area contributed by atoms with Gasteiger partial charge in [0.2, 0.25) is 0 Å². The predicted octanol–water partition coefficient (Wildman–Crippen LogP) is 10.4. The van der Waals surface area contributed by atoms with E-state index >= 15 is 0 Å². The molecule has 2 atom stereocenters. The molecule has 6 heteroatoms. The Morgan fingerprint density at radius 3 is 1.51 bits per heavy atom. The van der Waals surface area contributed by atoms with Gasteiger partial charge in [-0.15, -0.1) is 0 Å². The van der Waals surface area contributed by atoms with Gasteiger partial charge in [-0.3, -0.25) is 9.59 Å². The second kappa shape index (κ2) is 34.9. The van der Waals surface area contributed by atoms with Crippen LogP contribution in [-0.2, 0) is 19.1 Å². The van der Waals surface area contributed by atoms with E-state index < -0.39 is 18.2 Å². The van der Waals surface area contributed by atoms with Gasteiger partial charge in [0.25, 0.3) is 0 Å². The Hall–Kier alpha value is -2.44. The third-order valence-corrected chi connectivity index (χ3v) is 7.80. The number of allylic oxidation sites excluding steroid dienone is 9. The number of carbonyl (C=O) groups excluding carboxylic acids is 2. The maximum atomic E-state index is 12.0. The second-order valence-electron chi connectivity index (χ2n) is 13.0. The average Bonchev–Trinajstić information content (AvgIpc) is 3.04. The van der Waals surface area contributed by atoms with Crippen LogP contribution < -0.4 is 0 Å². The Labute approximate surface area is 288 Å². The fourth-order valence-corrected chi connectivity index (χ4v) is 4.95. The van der Waals surface area contributed by atoms with Gasteiger partial charge in [0.15, 0.2) is 0 Å². The zero-order valence-corrected chi connectivity index (χ0v) is 30.3. The van der Waals surface area contributed by atoms with Crippen LogP contribution in [0.5, 0.6) is 0 Å². The third kappa shape index (κ3) is 36.2. The van der Waals surface area contributed by atoms with Crippen LogP contribution in [0.3, 0.4) is 0 Å². The van der Waals surface area contributed by atoms with Crippen molar-refractivity contribution in [3.05, 3.63) is 60.8 Å². The normalized spacial score (nSPS) is 13.7. The number of unbranched alkanes of at least 4 members (excludes halogenated alkanes) is 11. The quantitative estimate of drug-likeness (QED) is 0.0323. The summed E-state index contributed by atoms with van der Waals surface area (Å²) in [6.07, 6.45) is 40.2. The molecule has 6 nitrogen and oxygen atoms in total. The fourth-order valence-electron chi connectivity index (χ4n) is 4.95. The van der Waals surface area contributed by atoms with E-state index in [1.54, 1.807) is 6.08 Å². The summed E-state index contributed by atoms with van der Waals surface area (Å²) in [6.45, 7) is 6.34. The zero-order valence-electron chi connectivity index (χ0n) is 30.3. The minimum absolute atomic E-state index is 0.153. The van der Waals surface area contributed by atoms with Crippen molar-refractivity contribution in [2.45, 2.75) is 168 Å². The molecule has 0 spiro atoms. The SMILES string of the molecule is CC/C=C\C/C=C\C/C=C\C/C=C\C=C\C(O)CCCC(=O)OC[C@H](O)COC(=O)CCCCCCCCCCCCCCC(C)C. The lowest BCUT2D eigenvalue weighted by atomic mass is 10.0. The van der Waals surface area contributed by atoms with Crippen molar-refractivity contribution in [1.82, 2.24) is 0 Å². The molecule has 0 heterocycles. The highest BCUT2D eigenvalue weighted by Crippen LogP contribution is 2.14. The minimum atomic E-state index is -1.04. The predicted molar refractivity (Wildman–Crippen MR) is 197 cm³/mol. The van der Waals surface area contributed by atoms with Crippen LogP contribution in [0.1, 0.15) is 156 Å². The van der Waals surface area contributed by atoms with E-state index in [1.165, 1.54) is 64.2 Å². The number of ether oxygens (including phenoxy) is 2. The van der Waals surface area contributed by atoms with Gasteiger partial charge in [0.05, 0.1) is 6.10 Å². The Kier molecular flexibility index (Phi) is 33.1. The lowest BCUT2D eigenvalue weighted by molar-refractivity contribution is -0.152. The number of esters is 2. The molecule has 0 aliphatic rings. The van der Waals surface area contributed by atoms with Crippen LogP contribution in [0, 0.1) is 5.92 Å². The molecular weight excluding hydrogens is 588 g/mol. The Morgan fingerprint density at radius 1 is 0.553 bits per heavy atom. The summed E-state index contributed by atoms with van der Waals surface area (Å²) >= 11 is 0. The topological polar surface area (TPSA) is 93.1 Å². The van der Waals surface area contributed by atoms with Crippen LogP contribution in [0.2, 0.25) is 0 Å². The largest absolute Gasteiger partial charge is 0.463 e. The maximum Gasteiger partial charge on any atom is 0.305 e. The zero-order chi connectivity index (χ0) is 34.6. The van der Waals surface area contributed by atoms with Gasteiger partial charge in [-0.2, -0.15) is 0 Å². The molecule has 1 unspecified atom stereocenters. The van der Waals surface area contributed by atoms with Crippen molar-refractivity contribution in [2.75, 3.05) is 13.2 Å². The Balaban J connectivity index is 3.65. The summed E-state index contributed by atoms with van der Waals surface area (Å²) in [6, 6.07) is 0. The number of rotatable bonds is 32. The molecule has 0 fully saturated rings. The van der Waals surface area contributed by atoms with Crippen LogP contribution in [0.25, 0.3) is 0 Å². The molecule has 0 aliphatic carbocycles. The second-order valence-corrected chi connectivity index (χ2v) is 13.0. The first-order valence-electron chi connectivity index (χ1n) is 18.8. The molecule has 0 bridgehead atoms. The summed E-state index contributed by atoms with van der Waals surface area (Å²) in [5.74, 6) is 0.0661. The van der Waals surface area contributed by atoms with Gasteiger partial charge in [-0.25, -0.2) is 0 Å². The highest BCUT2D eigenvalue weighted by atomic mass is 16.6. The molecule has 0 saturated carbocycles. The van der Waals surface area contributed by atoms with Crippen molar-refractivity contribution < 1.29 is 29.3 Å². The fraction of sp³-hybridized carbons (Fsp3) is 0.707. The first-order chi connectivity index (χ1) is 22.8. The summed E-state index contributed by atoms with van der Waals surface area (Å²) in [5, 5.41) is 20.1. The molecule has 0 saturated heterocycles. The van der Waals surface area contributed by atoms with Gasteiger partial charge in [-0.1, -0.05) is 159 Å². The number of aliphatic hydroxyl groups is 2. The Morgan fingerprint density at radius 2 is 1.00 bits per heavy atom. The number of hydrogen-bond acceptors (Lipinski definition) is 6. The summed E-state index contributed by atoms with van der Waals surface area (Å²) < 4.78 is 10.2. The number of aliphatic hydroxyl groups excluding tert-OH is 2. The number of carbonyl (C=O) groups is 2. The molecule has 0 aliphatic heterocycles. The molecule has 0 aromatic rings. The van der Waals surface area contributed by atoms with Crippen LogP contribution in [0.15, 0.2) is 60.8 Å². The van der Waals surface area contributed by atoms with E-state index in [9.17, 15) is 19.8 Å². The van der Waals surface area contributed by atoms with E-state index in [1.807, 2.05) is 18.2 Å². The third-order valence-electron chi connectivity index (χ3n) is 7.80. The molecule has 270 valence electrons. The smallest absolute Gasteiger partial charge is 0.305 e. The van der Waals surface area contributed by atoms with Gasteiger partial charge in [0.1, 0.15) is 19.3 Å². The summed E-state index contributed by atoms with van der Waals surface area (Å²) in [7, 11) is 0. The summed E-state index contributed by atoms with van der Waals surface area (Å²) in [4.78, 5) is 23.9. The average molecular weight is 659 g/mol. The monoisotopic (exact) mass is 659 g/mol. The number of hydrogen-bond donors (Lipinski definition) is 2. The lowest BCUT2D eigenvalue weighted by Crippen LogP contribution is -2.25. The van der Waals surface area contributed by atoms with Crippen molar-refractivity contribution in [3.8, 4) is 0 Å².